The van der Waals surface area contributed by atoms with Gasteiger partial charge in [-0.1, -0.05) is 6.92 Å². The summed E-state index contributed by atoms with van der Waals surface area (Å²) in [7, 11) is 1.79. The number of hydrogen-bond acceptors (Lipinski definition) is 4. The maximum absolute atomic E-state index is 4.24. The van der Waals surface area contributed by atoms with Crippen LogP contribution in [0.5, 0.6) is 0 Å². The molecule has 0 bridgehead atoms. The second kappa shape index (κ2) is 9.09. The molecule has 2 heterocycles. The van der Waals surface area contributed by atoms with Crippen molar-refractivity contribution in [3.8, 4) is 0 Å². The molecular weight excluding hydrogens is 411 g/mol. The number of rotatable bonds is 7. The molecule has 6 nitrogen and oxygen atoms in total. The van der Waals surface area contributed by atoms with Crippen LogP contribution >= 0.6 is 33.9 Å². The van der Waals surface area contributed by atoms with Gasteiger partial charge in [0.2, 0.25) is 0 Å². The molecule has 0 radical (unpaired) electrons. The van der Waals surface area contributed by atoms with Crippen LogP contribution in [0.25, 0.3) is 0 Å². The third-order valence-corrected chi connectivity index (χ3v) is 5.13. The minimum absolute atomic E-state index is 0.793. The molecule has 2 aromatic heterocycles. The quantitative estimate of drug-likeness (QED) is 0.399. The van der Waals surface area contributed by atoms with Crippen LogP contribution in [-0.4, -0.2) is 40.9 Å². The van der Waals surface area contributed by atoms with Crippen LogP contribution in [0.15, 0.2) is 23.5 Å². The molecule has 8 heteroatoms. The number of nitrogens with zero attached hydrogens (tertiary/aromatic N) is 4. The Morgan fingerprint density at radius 3 is 2.86 bits per heavy atom. The molecule has 2 N–H and O–H groups in total. The lowest BCUT2D eigenvalue weighted by Crippen LogP contribution is -2.39. The van der Waals surface area contributed by atoms with Gasteiger partial charge in [-0.25, -0.2) is 0 Å². The maximum Gasteiger partial charge on any atom is 0.191 e. The third-order valence-electron chi connectivity index (χ3n) is 3.17. The van der Waals surface area contributed by atoms with Crippen LogP contribution in [-0.2, 0) is 19.4 Å². The number of aliphatic imine (C=N–C) groups is 1. The molecule has 2 aromatic rings. The van der Waals surface area contributed by atoms with E-state index in [0.717, 1.165) is 44.3 Å². The van der Waals surface area contributed by atoms with Crippen molar-refractivity contribution in [2.75, 3.05) is 20.1 Å². The number of thiophene rings is 1. The van der Waals surface area contributed by atoms with Crippen molar-refractivity contribution in [3.05, 3.63) is 32.0 Å². The molecule has 2 rings (SSSR count). The lowest BCUT2D eigenvalue weighted by Gasteiger charge is -2.12. The second-order valence-corrected chi connectivity index (χ2v) is 7.74. The van der Waals surface area contributed by atoms with Gasteiger partial charge in [0.25, 0.3) is 0 Å². The summed E-state index contributed by atoms with van der Waals surface area (Å²) in [6, 6.07) is 4.33. The molecule has 0 fully saturated rings. The fraction of sp³-hybridized carbons (Fsp3) is 0.500. The summed E-state index contributed by atoms with van der Waals surface area (Å²) in [6.45, 7) is 4.59. The SMILES string of the molecule is CCc1nncn1CCNC(=NC)NCCc1ccc(I)s1. The molecule has 0 aliphatic carbocycles. The zero-order chi connectivity index (χ0) is 15.8. The summed E-state index contributed by atoms with van der Waals surface area (Å²) >= 11 is 4.19. The zero-order valence-electron chi connectivity index (χ0n) is 12.8. The first kappa shape index (κ1) is 17.2. The maximum atomic E-state index is 4.24. The number of guanidine groups is 1. The third kappa shape index (κ3) is 5.24. The number of hydrogen-bond donors (Lipinski definition) is 2. The number of halogens is 1. The van der Waals surface area contributed by atoms with Crippen LogP contribution in [0.1, 0.15) is 17.6 Å². The second-order valence-electron chi connectivity index (χ2n) is 4.68. The Hall–Kier alpha value is -1.16. The number of nitrogens with one attached hydrogen (secondary N) is 2. The summed E-state index contributed by atoms with van der Waals surface area (Å²) < 4.78 is 3.39. The fourth-order valence-electron chi connectivity index (χ4n) is 2.05. The van der Waals surface area contributed by atoms with E-state index in [2.05, 4.69) is 72.0 Å². The summed E-state index contributed by atoms with van der Waals surface area (Å²) in [4.78, 5) is 5.63. The molecule has 0 atom stereocenters. The Bertz CT molecular complexity index is 606. The van der Waals surface area contributed by atoms with Crippen molar-refractivity contribution < 1.29 is 0 Å². The van der Waals surface area contributed by atoms with Gasteiger partial charge in [-0.05, 0) is 41.1 Å². The smallest absolute Gasteiger partial charge is 0.191 e. The van der Waals surface area contributed by atoms with E-state index in [-0.39, 0.29) is 0 Å². The van der Waals surface area contributed by atoms with E-state index in [1.165, 1.54) is 7.76 Å². The number of aryl methyl sites for hydroxylation is 1. The first-order chi connectivity index (χ1) is 10.7. The number of aromatic nitrogens is 3. The molecule has 0 saturated heterocycles. The van der Waals surface area contributed by atoms with Gasteiger partial charge in [-0.2, -0.15) is 0 Å². The van der Waals surface area contributed by atoms with Gasteiger partial charge in [-0.3, -0.25) is 4.99 Å². The average molecular weight is 432 g/mol. The lowest BCUT2D eigenvalue weighted by molar-refractivity contribution is 0.632. The Labute approximate surface area is 148 Å². The van der Waals surface area contributed by atoms with E-state index in [9.17, 15) is 0 Å². The molecule has 120 valence electrons. The average Bonchev–Trinajstić information content (AvgIpc) is 3.14. The lowest BCUT2D eigenvalue weighted by atomic mass is 10.3. The highest BCUT2D eigenvalue weighted by Gasteiger charge is 2.03. The predicted molar refractivity (Wildman–Crippen MR) is 99.5 cm³/mol. The van der Waals surface area contributed by atoms with Gasteiger partial charge < -0.3 is 15.2 Å². The van der Waals surface area contributed by atoms with E-state index in [4.69, 9.17) is 0 Å². The summed E-state index contributed by atoms with van der Waals surface area (Å²) in [5.74, 6) is 1.84. The van der Waals surface area contributed by atoms with Gasteiger partial charge in [0.05, 0.1) is 2.88 Å². The van der Waals surface area contributed by atoms with Crippen molar-refractivity contribution >= 4 is 39.9 Å². The Balaban J connectivity index is 1.69. The van der Waals surface area contributed by atoms with Crippen LogP contribution < -0.4 is 10.6 Å². The van der Waals surface area contributed by atoms with Gasteiger partial charge >= 0.3 is 0 Å². The van der Waals surface area contributed by atoms with Gasteiger partial charge in [0, 0.05) is 38.0 Å². The first-order valence-electron chi connectivity index (χ1n) is 7.28. The summed E-state index contributed by atoms with van der Waals surface area (Å²) in [5, 5.41) is 14.7. The monoisotopic (exact) mass is 432 g/mol. The Morgan fingerprint density at radius 2 is 2.18 bits per heavy atom. The van der Waals surface area contributed by atoms with Gasteiger partial charge in [-0.15, -0.1) is 21.5 Å². The predicted octanol–water partition coefficient (Wildman–Crippen LogP) is 1.91. The standard InChI is InChI=1S/C14H21IN6S/c1-3-13-20-19-10-21(13)9-8-18-14(16-2)17-7-6-11-4-5-12(15)22-11/h4-5,10H,3,6-9H2,1-2H3,(H2,16,17,18). The molecular formula is C14H21IN6S. The minimum atomic E-state index is 0.793. The van der Waals surface area contributed by atoms with Gasteiger partial charge in [0.1, 0.15) is 12.2 Å². The molecule has 0 amide bonds. The van der Waals surface area contributed by atoms with E-state index >= 15 is 0 Å². The van der Waals surface area contributed by atoms with Crippen LogP contribution in [0.4, 0.5) is 0 Å². The van der Waals surface area contributed by atoms with Crippen LogP contribution in [0.3, 0.4) is 0 Å². The van der Waals surface area contributed by atoms with E-state index < -0.39 is 0 Å². The molecule has 0 aliphatic rings. The minimum Gasteiger partial charge on any atom is -0.356 e. The normalized spacial score (nSPS) is 11.7. The fourth-order valence-corrected chi connectivity index (χ4v) is 3.80. The van der Waals surface area contributed by atoms with Crippen molar-refractivity contribution in [1.82, 2.24) is 25.4 Å². The largest absolute Gasteiger partial charge is 0.356 e. The van der Waals surface area contributed by atoms with E-state index in [0.29, 0.717) is 0 Å². The van der Waals surface area contributed by atoms with Crippen molar-refractivity contribution in [1.29, 1.82) is 0 Å². The van der Waals surface area contributed by atoms with E-state index in [1.54, 1.807) is 13.4 Å². The highest BCUT2D eigenvalue weighted by atomic mass is 127. The van der Waals surface area contributed by atoms with Crippen molar-refractivity contribution in [2.45, 2.75) is 26.3 Å². The van der Waals surface area contributed by atoms with Crippen molar-refractivity contribution in [3.63, 3.8) is 0 Å². The Kier molecular flexibility index (Phi) is 7.10. The van der Waals surface area contributed by atoms with Gasteiger partial charge in [0.15, 0.2) is 5.96 Å². The molecule has 0 unspecified atom stereocenters. The van der Waals surface area contributed by atoms with E-state index in [1.807, 2.05) is 11.3 Å². The summed E-state index contributed by atoms with van der Waals surface area (Å²) in [6.07, 6.45) is 3.68. The zero-order valence-corrected chi connectivity index (χ0v) is 15.8. The highest BCUT2D eigenvalue weighted by Crippen LogP contribution is 2.18. The van der Waals surface area contributed by atoms with Crippen molar-refractivity contribution in [2.24, 2.45) is 4.99 Å². The highest BCUT2D eigenvalue weighted by molar-refractivity contribution is 14.1. The van der Waals surface area contributed by atoms with Crippen LogP contribution in [0, 0.1) is 2.88 Å². The topological polar surface area (TPSA) is 67.1 Å². The molecule has 0 saturated carbocycles. The molecule has 22 heavy (non-hydrogen) atoms. The first-order valence-corrected chi connectivity index (χ1v) is 9.18. The molecule has 0 spiro atoms. The molecule has 0 aliphatic heterocycles. The molecule has 0 aromatic carbocycles. The summed E-state index contributed by atoms with van der Waals surface area (Å²) in [5.41, 5.74) is 0. The Morgan fingerprint density at radius 1 is 1.36 bits per heavy atom. The van der Waals surface area contributed by atoms with Crippen LogP contribution in [0.2, 0.25) is 0 Å².